The summed E-state index contributed by atoms with van der Waals surface area (Å²) in [7, 11) is 0. The Morgan fingerprint density at radius 1 is 1.12 bits per heavy atom. The van der Waals surface area contributed by atoms with Crippen LogP contribution in [0.2, 0.25) is 0 Å². The van der Waals surface area contributed by atoms with Gasteiger partial charge in [0.15, 0.2) is 5.78 Å². The lowest BCUT2D eigenvalue weighted by Crippen LogP contribution is -2.18. The Labute approximate surface area is 155 Å². The van der Waals surface area contributed by atoms with Crippen molar-refractivity contribution in [2.24, 2.45) is 0 Å². The molecule has 132 valence electrons. The molecule has 2 aromatic rings. The smallest absolute Gasteiger partial charge is 0.325 e. The van der Waals surface area contributed by atoms with E-state index >= 15 is 0 Å². The summed E-state index contributed by atoms with van der Waals surface area (Å²) in [5, 5.41) is 2.53. The molecule has 2 aromatic carbocycles. The summed E-state index contributed by atoms with van der Waals surface area (Å²) in [5.74, 6) is -1.20. The van der Waals surface area contributed by atoms with Gasteiger partial charge in [-0.3, -0.25) is 9.59 Å². The summed E-state index contributed by atoms with van der Waals surface area (Å²) >= 11 is 4.34. The van der Waals surface area contributed by atoms with Gasteiger partial charge in [-0.15, -0.1) is 11.8 Å². The van der Waals surface area contributed by atoms with Crippen LogP contribution in [0.1, 0.15) is 21.5 Å². The van der Waals surface area contributed by atoms with Crippen LogP contribution in [-0.4, -0.2) is 23.3 Å². The zero-order valence-corrected chi connectivity index (χ0v) is 15.4. The number of alkyl halides is 4. The van der Waals surface area contributed by atoms with Crippen LogP contribution in [0.5, 0.6) is 0 Å². The highest BCUT2D eigenvalue weighted by molar-refractivity contribution is 9.09. The third-order valence-electron chi connectivity index (χ3n) is 3.34. The Kier molecular flexibility index (Phi) is 6.29. The standard InChI is InChI=1S/C17H13BrF3NO2S/c1-25-10-6-7-14(22-15(23)9-18)12(8-10)16(24)11-4-2-3-5-13(11)17(19,20)21/h2-8H,9H2,1H3,(H,22,23). The minimum Gasteiger partial charge on any atom is -0.325 e. The molecule has 3 nitrogen and oxygen atoms in total. The van der Waals surface area contributed by atoms with Crippen molar-refractivity contribution in [2.45, 2.75) is 11.1 Å². The molecular weight excluding hydrogens is 419 g/mol. The summed E-state index contributed by atoms with van der Waals surface area (Å²) < 4.78 is 39.6. The molecule has 0 unspecified atom stereocenters. The molecule has 0 saturated carbocycles. The average Bonchev–Trinajstić information content (AvgIpc) is 2.60. The van der Waals surface area contributed by atoms with Crippen LogP contribution in [0.3, 0.4) is 0 Å². The van der Waals surface area contributed by atoms with Gasteiger partial charge in [0.2, 0.25) is 5.91 Å². The maximum absolute atomic E-state index is 13.2. The number of benzene rings is 2. The van der Waals surface area contributed by atoms with E-state index in [1.54, 1.807) is 12.3 Å². The van der Waals surface area contributed by atoms with Gasteiger partial charge in [0, 0.05) is 16.0 Å². The lowest BCUT2D eigenvalue weighted by atomic mass is 9.97. The molecule has 0 aliphatic carbocycles. The van der Waals surface area contributed by atoms with E-state index in [1.807, 2.05) is 0 Å². The normalized spacial score (nSPS) is 11.2. The number of carbonyl (C=O) groups excluding carboxylic acids is 2. The fourth-order valence-corrected chi connectivity index (χ4v) is 2.78. The molecule has 25 heavy (non-hydrogen) atoms. The maximum Gasteiger partial charge on any atom is 0.417 e. The highest BCUT2D eigenvalue weighted by atomic mass is 79.9. The fraction of sp³-hybridized carbons (Fsp3) is 0.176. The summed E-state index contributed by atoms with van der Waals surface area (Å²) in [4.78, 5) is 25.1. The van der Waals surface area contributed by atoms with E-state index in [4.69, 9.17) is 0 Å². The number of anilines is 1. The van der Waals surface area contributed by atoms with Gasteiger partial charge in [-0.25, -0.2) is 0 Å². The minimum atomic E-state index is -4.65. The van der Waals surface area contributed by atoms with Gasteiger partial charge >= 0.3 is 6.18 Å². The van der Waals surface area contributed by atoms with E-state index in [9.17, 15) is 22.8 Å². The number of thioether (sulfide) groups is 1. The second-order valence-corrected chi connectivity index (χ2v) is 6.41. The Hall–Kier alpha value is -1.80. The zero-order valence-electron chi connectivity index (χ0n) is 13.0. The SMILES string of the molecule is CSc1ccc(NC(=O)CBr)c(C(=O)c2ccccc2C(F)(F)F)c1. The largest absolute Gasteiger partial charge is 0.417 e. The predicted octanol–water partition coefficient (Wildman–Crippen LogP) is 4.99. The van der Waals surface area contributed by atoms with Gasteiger partial charge in [0.25, 0.3) is 0 Å². The summed E-state index contributed by atoms with van der Waals surface area (Å²) in [6.07, 6.45) is -2.87. The molecule has 0 aromatic heterocycles. The molecule has 1 amide bonds. The third-order valence-corrected chi connectivity index (χ3v) is 4.58. The molecule has 0 heterocycles. The first-order valence-corrected chi connectivity index (χ1v) is 9.37. The molecule has 2 rings (SSSR count). The van der Waals surface area contributed by atoms with E-state index in [2.05, 4.69) is 21.2 Å². The predicted molar refractivity (Wildman–Crippen MR) is 95.5 cm³/mol. The molecule has 1 N–H and O–H groups in total. The van der Waals surface area contributed by atoms with Crippen molar-refractivity contribution < 1.29 is 22.8 Å². The van der Waals surface area contributed by atoms with Gasteiger partial charge in [-0.05, 0) is 30.5 Å². The van der Waals surface area contributed by atoms with Crippen molar-refractivity contribution in [3.05, 3.63) is 59.2 Å². The number of rotatable bonds is 5. The number of nitrogens with one attached hydrogen (secondary N) is 1. The van der Waals surface area contributed by atoms with Crippen LogP contribution in [0, 0.1) is 0 Å². The van der Waals surface area contributed by atoms with E-state index in [-0.39, 0.29) is 16.6 Å². The molecular formula is C17H13BrF3NO2S. The van der Waals surface area contributed by atoms with Gasteiger partial charge in [-0.1, -0.05) is 34.1 Å². The van der Waals surface area contributed by atoms with Crippen LogP contribution in [0.25, 0.3) is 0 Å². The quantitative estimate of drug-likeness (QED) is 0.412. The summed E-state index contributed by atoms with van der Waals surface area (Å²) in [6, 6.07) is 9.26. The summed E-state index contributed by atoms with van der Waals surface area (Å²) in [5.41, 5.74) is -1.28. The fourth-order valence-electron chi connectivity index (χ4n) is 2.20. The Bertz CT molecular complexity index is 809. The number of ketones is 1. The Morgan fingerprint density at radius 2 is 1.80 bits per heavy atom. The van der Waals surface area contributed by atoms with Gasteiger partial charge in [0.05, 0.1) is 16.6 Å². The number of hydrogen-bond acceptors (Lipinski definition) is 3. The summed E-state index contributed by atoms with van der Waals surface area (Å²) in [6.45, 7) is 0. The number of amides is 1. The average molecular weight is 432 g/mol. The van der Waals surface area contributed by atoms with Crippen LogP contribution >= 0.6 is 27.7 Å². The zero-order chi connectivity index (χ0) is 18.6. The van der Waals surface area contributed by atoms with Crippen LogP contribution in [0.15, 0.2) is 47.4 Å². The molecule has 0 bridgehead atoms. The lowest BCUT2D eigenvalue weighted by Gasteiger charge is -2.15. The first-order chi connectivity index (χ1) is 11.8. The molecule has 0 fully saturated rings. The van der Waals surface area contributed by atoms with Crippen LogP contribution in [-0.2, 0) is 11.0 Å². The van der Waals surface area contributed by atoms with Crippen molar-refractivity contribution in [3.63, 3.8) is 0 Å². The highest BCUT2D eigenvalue weighted by Gasteiger charge is 2.35. The monoisotopic (exact) mass is 431 g/mol. The van der Waals surface area contributed by atoms with Gasteiger partial charge < -0.3 is 5.32 Å². The van der Waals surface area contributed by atoms with Crippen molar-refractivity contribution in [1.82, 2.24) is 0 Å². The van der Waals surface area contributed by atoms with Crippen LogP contribution < -0.4 is 5.32 Å². The van der Waals surface area contributed by atoms with E-state index in [0.29, 0.717) is 4.90 Å². The minimum absolute atomic E-state index is 0.00402. The number of carbonyl (C=O) groups is 2. The molecule has 0 atom stereocenters. The first kappa shape index (κ1) is 19.5. The van der Waals surface area contributed by atoms with Crippen LogP contribution in [0.4, 0.5) is 18.9 Å². The molecule has 0 saturated heterocycles. The topological polar surface area (TPSA) is 46.2 Å². The second kappa shape index (κ2) is 8.05. The molecule has 0 aliphatic rings. The Balaban J connectivity index is 2.57. The number of hydrogen-bond donors (Lipinski definition) is 1. The second-order valence-electron chi connectivity index (χ2n) is 4.97. The van der Waals surface area contributed by atoms with E-state index in [0.717, 1.165) is 12.1 Å². The Morgan fingerprint density at radius 3 is 2.40 bits per heavy atom. The van der Waals surface area contributed by atoms with Gasteiger partial charge in [0.1, 0.15) is 0 Å². The van der Waals surface area contributed by atoms with E-state index in [1.165, 1.54) is 36.0 Å². The molecule has 8 heteroatoms. The number of halogens is 4. The molecule has 0 spiro atoms. The maximum atomic E-state index is 13.2. The van der Waals surface area contributed by atoms with Crippen molar-refractivity contribution >= 4 is 45.1 Å². The third kappa shape index (κ3) is 4.64. The van der Waals surface area contributed by atoms with Gasteiger partial charge in [-0.2, -0.15) is 13.2 Å². The first-order valence-electron chi connectivity index (χ1n) is 7.02. The van der Waals surface area contributed by atoms with Crippen molar-refractivity contribution in [3.8, 4) is 0 Å². The van der Waals surface area contributed by atoms with Crippen molar-refractivity contribution in [1.29, 1.82) is 0 Å². The lowest BCUT2D eigenvalue weighted by molar-refractivity contribution is -0.137. The molecule has 0 aliphatic heterocycles. The van der Waals surface area contributed by atoms with Crippen molar-refractivity contribution in [2.75, 3.05) is 16.9 Å². The van der Waals surface area contributed by atoms with E-state index < -0.39 is 29.0 Å². The molecule has 0 radical (unpaired) electrons. The highest BCUT2D eigenvalue weighted by Crippen LogP contribution is 2.34.